The Hall–Kier alpha value is -3.00. The smallest absolute Gasteiger partial charge is 0.416 e. The third kappa shape index (κ3) is 4.83. The first kappa shape index (κ1) is 19.8. The minimum absolute atomic E-state index is 0.0319. The van der Waals surface area contributed by atoms with Gasteiger partial charge in [-0.15, -0.1) is 0 Å². The van der Waals surface area contributed by atoms with Crippen LogP contribution in [-0.4, -0.2) is 5.91 Å². The monoisotopic (exact) mass is 404 g/mol. The Bertz CT molecular complexity index is 965. The molecule has 8 heteroatoms. The second kappa shape index (κ2) is 8.35. The van der Waals surface area contributed by atoms with Gasteiger partial charge in [0, 0.05) is 17.8 Å². The number of hydrogen-bond acceptors (Lipinski definition) is 3. The summed E-state index contributed by atoms with van der Waals surface area (Å²) < 4.78 is 39.4. The molecule has 0 aliphatic heterocycles. The molecule has 0 fully saturated rings. The molecule has 1 atom stereocenters. The van der Waals surface area contributed by atoms with Crippen molar-refractivity contribution in [2.75, 3.05) is 5.32 Å². The molecule has 0 bridgehead atoms. The zero-order valence-electron chi connectivity index (χ0n) is 14.4. The number of anilines is 1. The van der Waals surface area contributed by atoms with Crippen LogP contribution in [0.3, 0.4) is 0 Å². The van der Waals surface area contributed by atoms with Gasteiger partial charge in [-0.2, -0.15) is 17.9 Å². The zero-order valence-corrected chi connectivity index (χ0v) is 15.2. The Morgan fingerprint density at radius 3 is 2.39 bits per heavy atom. The lowest BCUT2D eigenvalue weighted by molar-refractivity contribution is -0.645. The van der Waals surface area contributed by atoms with Gasteiger partial charge in [0.25, 0.3) is 5.03 Å². The number of pyridine rings is 1. The van der Waals surface area contributed by atoms with Gasteiger partial charge in [-0.3, -0.25) is 4.79 Å². The van der Waals surface area contributed by atoms with Gasteiger partial charge in [-0.1, -0.05) is 36.4 Å². The number of alkyl halides is 3. The van der Waals surface area contributed by atoms with Crippen LogP contribution in [0, 0.1) is 5.21 Å². The van der Waals surface area contributed by atoms with Gasteiger partial charge < -0.3 is 10.5 Å². The first-order valence-electron chi connectivity index (χ1n) is 8.22. The lowest BCUT2D eigenvalue weighted by Gasteiger charge is -2.17. The van der Waals surface area contributed by atoms with E-state index in [4.69, 9.17) is 0 Å². The topological polar surface area (TPSA) is 56.0 Å². The van der Waals surface area contributed by atoms with Crippen LogP contribution in [-0.2, 0) is 11.0 Å². The maximum atomic E-state index is 12.9. The number of hydrogen-bond donors (Lipinski definition) is 1. The summed E-state index contributed by atoms with van der Waals surface area (Å²) in [6, 6.07) is 18.0. The summed E-state index contributed by atoms with van der Waals surface area (Å²) in [5, 5.41) is 14.0. The molecule has 4 nitrogen and oxygen atoms in total. The molecule has 0 spiro atoms. The molecule has 144 valence electrons. The van der Waals surface area contributed by atoms with Crippen molar-refractivity contribution in [3.63, 3.8) is 0 Å². The summed E-state index contributed by atoms with van der Waals surface area (Å²) >= 11 is 1.02. The average molecular weight is 404 g/mol. The fourth-order valence-corrected chi connectivity index (χ4v) is 3.53. The Kier molecular flexibility index (Phi) is 5.89. The third-order valence-corrected chi connectivity index (χ3v) is 5.10. The summed E-state index contributed by atoms with van der Waals surface area (Å²) in [5.74, 6) is -0.528. The van der Waals surface area contributed by atoms with Crippen molar-refractivity contribution in [3.8, 4) is 0 Å². The van der Waals surface area contributed by atoms with Gasteiger partial charge in [-0.25, -0.2) is 0 Å². The number of carbonyl (C=O) groups is 1. The van der Waals surface area contributed by atoms with E-state index >= 15 is 0 Å². The molecule has 1 aromatic heterocycles. The van der Waals surface area contributed by atoms with Gasteiger partial charge in [0.15, 0.2) is 6.20 Å². The Morgan fingerprint density at radius 2 is 1.71 bits per heavy atom. The molecule has 0 aliphatic carbocycles. The van der Waals surface area contributed by atoms with Crippen LogP contribution in [0.15, 0.2) is 84.0 Å². The fraction of sp³-hybridized carbons (Fsp3) is 0.100. The molecule has 3 aromatic rings. The van der Waals surface area contributed by atoms with E-state index < -0.39 is 22.9 Å². The van der Waals surface area contributed by atoms with E-state index in [2.05, 4.69) is 5.32 Å². The third-order valence-electron chi connectivity index (χ3n) is 3.83. The van der Waals surface area contributed by atoms with Gasteiger partial charge >= 0.3 is 6.18 Å². The fourth-order valence-electron chi connectivity index (χ4n) is 2.51. The minimum Gasteiger partial charge on any atom is -0.618 e. The average Bonchev–Trinajstić information content (AvgIpc) is 2.67. The van der Waals surface area contributed by atoms with Crippen LogP contribution in [0.25, 0.3) is 0 Å². The van der Waals surface area contributed by atoms with Crippen LogP contribution in [0.4, 0.5) is 18.9 Å². The van der Waals surface area contributed by atoms with Gasteiger partial charge in [-0.05, 0) is 41.6 Å². The largest absolute Gasteiger partial charge is 0.618 e. The Labute approximate surface area is 163 Å². The molecule has 2 aromatic carbocycles. The Balaban J connectivity index is 1.88. The molecule has 0 unspecified atom stereocenters. The highest BCUT2D eigenvalue weighted by Crippen LogP contribution is 2.35. The van der Waals surface area contributed by atoms with E-state index in [0.29, 0.717) is 15.3 Å². The summed E-state index contributed by atoms with van der Waals surface area (Å²) in [7, 11) is 0. The molecule has 0 saturated heterocycles. The summed E-state index contributed by atoms with van der Waals surface area (Å²) in [4.78, 5) is 12.9. The van der Waals surface area contributed by atoms with Crippen molar-refractivity contribution >= 4 is 23.4 Å². The molecule has 0 radical (unpaired) electrons. The molecule has 28 heavy (non-hydrogen) atoms. The standard InChI is InChI=1S/C20H15F3N2O2S/c21-20(22,23)15-9-6-10-16(13-15)24-19(26)18(14-7-2-1-3-8-14)28-17-11-4-5-12-25(17)27/h1-13,18H,(H,24,26)/t18-/m1/s1. The number of nitrogens with zero attached hydrogens (tertiary/aromatic N) is 1. The SMILES string of the molecule is O=C(Nc1cccc(C(F)(F)F)c1)[C@H](Sc1cccc[n+]1[O-])c1ccccc1. The first-order chi connectivity index (χ1) is 13.3. The molecule has 3 rings (SSSR count). The highest BCUT2D eigenvalue weighted by molar-refractivity contribution is 8.00. The van der Waals surface area contributed by atoms with Crippen LogP contribution < -0.4 is 10.0 Å². The maximum absolute atomic E-state index is 12.9. The number of nitrogens with one attached hydrogen (secondary N) is 1. The zero-order chi connectivity index (χ0) is 20.1. The quantitative estimate of drug-likeness (QED) is 0.377. The number of carbonyl (C=O) groups excluding carboxylic acids is 1. The van der Waals surface area contributed by atoms with Gasteiger partial charge in [0.2, 0.25) is 5.91 Å². The van der Waals surface area contributed by atoms with Crippen molar-refractivity contribution in [1.29, 1.82) is 0 Å². The van der Waals surface area contributed by atoms with E-state index in [1.807, 2.05) is 0 Å². The van der Waals surface area contributed by atoms with E-state index in [0.717, 1.165) is 23.9 Å². The first-order valence-corrected chi connectivity index (χ1v) is 9.10. The highest BCUT2D eigenvalue weighted by atomic mass is 32.2. The van der Waals surface area contributed by atoms with E-state index in [9.17, 15) is 23.2 Å². The number of aromatic nitrogens is 1. The molecule has 1 N–H and O–H groups in total. The summed E-state index contributed by atoms with van der Waals surface area (Å²) in [6.07, 6.45) is -3.19. The number of benzene rings is 2. The normalized spacial score (nSPS) is 12.4. The van der Waals surface area contributed by atoms with Crippen LogP contribution in [0.2, 0.25) is 0 Å². The molecule has 1 heterocycles. The predicted octanol–water partition coefficient (Wildman–Crippen LogP) is 4.81. The second-order valence-corrected chi connectivity index (χ2v) is 6.97. The number of amides is 1. The lowest BCUT2D eigenvalue weighted by atomic mass is 10.1. The van der Waals surface area contributed by atoms with Crippen molar-refractivity contribution in [1.82, 2.24) is 0 Å². The summed E-state index contributed by atoms with van der Waals surface area (Å²) in [5.41, 5.74) is -0.195. The molecule has 1 amide bonds. The van der Waals surface area contributed by atoms with Crippen LogP contribution in [0.5, 0.6) is 0 Å². The van der Waals surface area contributed by atoms with E-state index in [-0.39, 0.29) is 5.69 Å². The number of rotatable bonds is 5. The van der Waals surface area contributed by atoms with Crippen molar-refractivity contribution in [2.45, 2.75) is 16.5 Å². The number of thioether (sulfide) groups is 1. The van der Waals surface area contributed by atoms with Gasteiger partial charge in [0.05, 0.1) is 5.56 Å². The van der Waals surface area contributed by atoms with Crippen molar-refractivity contribution in [3.05, 3.63) is 95.3 Å². The second-order valence-electron chi connectivity index (χ2n) is 5.84. The summed E-state index contributed by atoms with van der Waals surface area (Å²) in [6.45, 7) is 0. The molecular formula is C20H15F3N2O2S. The van der Waals surface area contributed by atoms with Crippen molar-refractivity contribution in [2.24, 2.45) is 0 Å². The molecule has 0 saturated carbocycles. The van der Waals surface area contributed by atoms with Crippen molar-refractivity contribution < 1.29 is 22.7 Å². The Morgan fingerprint density at radius 1 is 1.00 bits per heavy atom. The molecule has 0 aliphatic rings. The van der Waals surface area contributed by atoms with Crippen LogP contribution in [0.1, 0.15) is 16.4 Å². The lowest BCUT2D eigenvalue weighted by Crippen LogP contribution is -2.29. The van der Waals surface area contributed by atoms with E-state index in [1.165, 1.54) is 18.3 Å². The predicted molar refractivity (Wildman–Crippen MR) is 101 cm³/mol. The minimum atomic E-state index is -4.51. The highest BCUT2D eigenvalue weighted by Gasteiger charge is 2.31. The molecular weight excluding hydrogens is 389 g/mol. The number of halogens is 3. The van der Waals surface area contributed by atoms with E-state index in [1.54, 1.807) is 48.5 Å². The van der Waals surface area contributed by atoms with Gasteiger partial charge in [0.1, 0.15) is 5.25 Å². The maximum Gasteiger partial charge on any atom is 0.416 e. The van der Waals surface area contributed by atoms with Crippen LogP contribution >= 0.6 is 11.8 Å².